The van der Waals surface area contributed by atoms with Crippen LogP contribution in [-0.2, 0) is 7.05 Å². The number of aromatic nitrogens is 2. The molecule has 1 aliphatic rings. The van der Waals surface area contributed by atoms with Crippen molar-refractivity contribution in [3.05, 3.63) is 47.8 Å². The van der Waals surface area contributed by atoms with Crippen LogP contribution in [0, 0.1) is 6.92 Å². The molecule has 2 heteroatoms. The summed E-state index contributed by atoms with van der Waals surface area (Å²) in [4.78, 5) is 4.74. The average molecular weight is 224 g/mol. The number of hydrogen-bond acceptors (Lipinski definition) is 1. The van der Waals surface area contributed by atoms with Crippen molar-refractivity contribution < 1.29 is 0 Å². The molecule has 0 fully saturated rings. The van der Waals surface area contributed by atoms with Crippen LogP contribution in [0.15, 0.2) is 36.4 Å². The first-order valence-corrected chi connectivity index (χ1v) is 6.06. The van der Waals surface area contributed by atoms with Crippen LogP contribution in [0.2, 0.25) is 0 Å². The second-order valence-electron chi connectivity index (χ2n) is 4.63. The van der Waals surface area contributed by atoms with Gasteiger partial charge in [0.25, 0.3) is 0 Å². The molecule has 0 amide bonds. The standard InChI is InChI=1S/C15H16N2/c1-11-8-9-14-13(10-11)16-15(17(14)2)12-6-4-3-5-7-12/h4,6-10H,3,5H2,1-2H3. The number of hydrogen-bond donors (Lipinski definition) is 0. The van der Waals surface area contributed by atoms with Crippen molar-refractivity contribution in [3.63, 3.8) is 0 Å². The molecule has 0 radical (unpaired) electrons. The van der Waals surface area contributed by atoms with Crippen LogP contribution in [0.5, 0.6) is 0 Å². The number of aryl methyl sites for hydroxylation is 2. The summed E-state index contributed by atoms with van der Waals surface area (Å²) in [5.41, 5.74) is 4.79. The molecule has 0 saturated carbocycles. The first-order valence-electron chi connectivity index (χ1n) is 6.06. The van der Waals surface area contributed by atoms with E-state index in [0.717, 1.165) is 24.2 Å². The van der Waals surface area contributed by atoms with Crippen molar-refractivity contribution in [2.24, 2.45) is 7.05 Å². The van der Waals surface area contributed by atoms with Gasteiger partial charge in [0.15, 0.2) is 0 Å². The summed E-state index contributed by atoms with van der Waals surface area (Å²) < 4.78 is 2.18. The Bertz CT molecular complexity index is 630. The van der Waals surface area contributed by atoms with Gasteiger partial charge in [-0.25, -0.2) is 4.98 Å². The molecule has 86 valence electrons. The van der Waals surface area contributed by atoms with Gasteiger partial charge in [0.2, 0.25) is 0 Å². The quantitative estimate of drug-likeness (QED) is 0.723. The first-order chi connectivity index (χ1) is 8.25. The van der Waals surface area contributed by atoms with Crippen LogP contribution in [0.1, 0.15) is 24.2 Å². The second-order valence-corrected chi connectivity index (χ2v) is 4.63. The minimum absolute atomic E-state index is 1.07. The van der Waals surface area contributed by atoms with E-state index in [0.29, 0.717) is 0 Å². The first kappa shape index (κ1) is 10.3. The molecule has 0 bridgehead atoms. The third-order valence-electron chi connectivity index (χ3n) is 3.29. The average Bonchev–Trinajstić information content (AvgIpc) is 2.67. The van der Waals surface area contributed by atoms with Crippen molar-refractivity contribution in [1.82, 2.24) is 9.55 Å². The molecule has 1 aromatic heterocycles. The molecule has 0 unspecified atom stereocenters. The van der Waals surface area contributed by atoms with Crippen LogP contribution >= 0.6 is 0 Å². The summed E-state index contributed by atoms with van der Waals surface area (Å²) in [6, 6.07) is 6.43. The number of benzene rings is 1. The van der Waals surface area contributed by atoms with E-state index in [1.165, 1.54) is 16.7 Å². The van der Waals surface area contributed by atoms with Crippen molar-refractivity contribution in [3.8, 4) is 0 Å². The van der Waals surface area contributed by atoms with Gasteiger partial charge in [0.05, 0.1) is 11.0 Å². The zero-order chi connectivity index (χ0) is 11.8. The van der Waals surface area contributed by atoms with Gasteiger partial charge in [-0.15, -0.1) is 0 Å². The molecule has 1 aromatic carbocycles. The molecule has 3 rings (SSSR count). The summed E-state index contributed by atoms with van der Waals surface area (Å²) in [6.45, 7) is 2.10. The number of imidazole rings is 1. The molecule has 1 heterocycles. The Hall–Kier alpha value is -1.83. The smallest absolute Gasteiger partial charge is 0.140 e. The lowest BCUT2D eigenvalue weighted by molar-refractivity contribution is 0.917. The van der Waals surface area contributed by atoms with E-state index in [-0.39, 0.29) is 0 Å². The van der Waals surface area contributed by atoms with E-state index < -0.39 is 0 Å². The minimum atomic E-state index is 1.07. The van der Waals surface area contributed by atoms with Crippen molar-refractivity contribution in [2.45, 2.75) is 19.8 Å². The van der Waals surface area contributed by atoms with Gasteiger partial charge >= 0.3 is 0 Å². The van der Waals surface area contributed by atoms with Crippen molar-refractivity contribution in [1.29, 1.82) is 0 Å². The highest BCUT2D eigenvalue weighted by Gasteiger charge is 2.11. The second kappa shape index (κ2) is 3.88. The van der Waals surface area contributed by atoms with Crippen molar-refractivity contribution in [2.75, 3.05) is 0 Å². The fourth-order valence-electron chi connectivity index (χ4n) is 2.35. The molecule has 0 saturated heterocycles. The fourth-order valence-corrected chi connectivity index (χ4v) is 2.35. The van der Waals surface area contributed by atoms with Crippen molar-refractivity contribution >= 4 is 16.6 Å². The summed E-state index contributed by atoms with van der Waals surface area (Å²) in [5, 5.41) is 0. The Morgan fingerprint density at radius 2 is 2.12 bits per heavy atom. The molecule has 0 atom stereocenters. The Labute approximate surface area is 101 Å². The fraction of sp³-hybridized carbons (Fsp3) is 0.267. The Balaban J connectivity index is 2.20. The number of nitrogens with zero attached hydrogens (tertiary/aromatic N) is 2. The van der Waals surface area contributed by atoms with Crippen LogP contribution in [0.4, 0.5) is 0 Å². The molecule has 1 aliphatic carbocycles. The lowest BCUT2D eigenvalue weighted by Crippen LogP contribution is -1.97. The van der Waals surface area contributed by atoms with E-state index in [4.69, 9.17) is 4.98 Å². The Morgan fingerprint density at radius 1 is 1.24 bits per heavy atom. The Kier molecular flexibility index (Phi) is 2.36. The maximum Gasteiger partial charge on any atom is 0.140 e. The summed E-state index contributed by atoms with van der Waals surface area (Å²) >= 11 is 0. The maximum atomic E-state index is 4.74. The molecular formula is C15H16N2. The van der Waals surface area contributed by atoms with E-state index in [9.17, 15) is 0 Å². The maximum absolute atomic E-state index is 4.74. The molecule has 2 aromatic rings. The SMILES string of the molecule is Cc1ccc2c(c1)nc(C1=CCCC=C1)n2C. The summed E-state index contributed by atoms with van der Waals surface area (Å²) in [7, 11) is 2.09. The van der Waals surface area contributed by atoms with E-state index in [2.05, 4.69) is 55.0 Å². The van der Waals surface area contributed by atoms with E-state index in [1.807, 2.05) is 0 Å². The normalized spacial score (nSPS) is 15.3. The Morgan fingerprint density at radius 3 is 2.88 bits per heavy atom. The highest BCUT2D eigenvalue weighted by molar-refractivity contribution is 5.82. The zero-order valence-corrected chi connectivity index (χ0v) is 10.3. The minimum Gasteiger partial charge on any atom is -0.327 e. The van der Waals surface area contributed by atoms with Gasteiger partial charge in [-0.2, -0.15) is 0 Å². The van der Waals surface area contributed by atoms with Crippen LogP contribution in [0.3, 0.4) is 0 Å². The van der Waals surface area contributed by atoms with Crippen LogP contribution in [-0.4, -0.2) is 9.55 Å². The predicted molar refractivity (Wildman–Crippen MR) is 71.8 cm³/mol. The van der Waals surface area contributed by atoms with Gasteiger partial charge in [-0.1, -0.05) is 24.3 Å². The number of rotatable bonds is 1. The molecule has 0 aliphatic heterocycles. The van der Waals surface area contributed by atoms with Crippen LogP contribution < -0.4 is 0 Å². The third-order valence-corrected chi connectivity index (χ3v) is 3.29. The van der Waals surface area contributed by atoms with Gasteiger partial charge in [0, 0.05) is 12.6 Å². The lowest BCUT2D eigenvalue weighted by Gasteiger charge is -2.06. The van der Waals surface area contributed by atoms with E-state index in [1.54, 1.807) is 0 Å². The molecule has 0 spiro atoms. The van der Waals surface area contributed by atoms with Crippen LogP contribution in [0.25, 0.3) is 16.6 Å². The highest BCUT2D eigenvalue weighted by atomic mass is 15.1. The zero-order valence-electron chi connectivity index (χ0n) is 10.3. The van der Waals surface area contributed by atoms with Gasteiger partial charge < -0.3 is 4.57 Å². The molecule has 0 N–H and O–H groups in total. The lowest BCUT2D eigenvalue weighted by atomic mass is 10.1. The molecule has 17 heavy (non-hydrogen) atoms. The summed E-state index contributed by atoms with van der Waals surface area (Å²) in [5.74, 6) is 1.07. The molecular weight excluding hydrogens is 208 g/mol. The third kappa shape index (κ3) is 1.70. The topological polar surface area (TPSA) is 17.8 Å². The number of fused-ring (bicyclic) bond motifs is 1. The van der Waals surface area contributed by atoms with Gasteiger partial charge in [0.1, 0.15) is 5.82 Å². The highest BCUT2D eigenvalue weighted by Crippen LogP contribution is 2.24. The monoisotopic (exact) mass is 224 g/mol. The largest absolute Gasteiger partial charge is 0.327 e. The van der Waals surface area contributed by atoms with Gasteiger partial charge in [-0.3, -0.25) is 0 Å². The molecule has 2 nitrogen and oxygen atoms in total. The van der Waals surface area contributed by atoms with E-state index >= 15 is 0 Å². The predicted octanol–water partition coefficient (Wildman–Crippen LogP) is 3.62. The number of allylic oxidation sites excluding steroid dienone is 4. The van der Waals surface area contributed by atoms with Gasteiger partial charge in [-0.05, 0) is 37.5 Å². The summed E-state index contributed by atoms with van der Waals surface area (Å²) in [6.07, 6.45) is 8.94.